The van der Waals surface area contributed by atoms with Gasteiger partial charge in [0.15, 0.2) is 18.3 Å². The van der Waals surface area contributed by atoms with E-state index in [1.165, 1.54) is 34.1 Å². The molecule has 0 radical (unpaired) electrons. The SMILES string of the molecule is CC(=O)OC[C@H]1O[C@H](c2[nH]c3cccc(C)c3c2Cc2ccc(/C=C/CCN3CCCC4(CCN(C(=O)O)CC4)C3)cc2)[C@@H](OC(C)=O)[C@H](OC(C)=O)[C@@H]1OC(C)=O. The molecule has 2 aromatic carbocycles. The second-order valence-corrected chi connectivity index (χ2v) is 15.9. The van der Waals surface area contributed by atoms with Crippen LogP contribution < -0.4 is 0 Å². The van der Waals surface area contributed by atoms with Crippen LogP contribution >= 0.6 is 0 Å². The van der Waals surface area contributed by atoms with Crippen LogP contribution in [0.1, 0.15) is 93.9 Å². The lowest BCUT2D eigenvalue weighted by molar-refractivity contribution is -0.255. The number of H-pyrrole nitrogens is 1. The Labute approximate surface area is 338 Å². The fourth-order valence-corrected chi connectivity index (χ4v) is 8.92. The molecule has 0 aliphatic carbocycles. The van der Waals surface area contributed by atoms with Gasteiger partial charge in [0.1, 0.15) is 18.8 Å². The maximum atomic E-state index is 12.6. The van der Waals surface area contributed by atoms with E-state index in [1.54, 1.807) is 4.90 Å². The van der Waals surface area contributed by atoms with Crippen LogP contribution in [0, 0.1) is 12.3 Å². The number of carboxylic acid groups (broad SMARTS) is 1. The summed E-state index contributed by atoms with van der Waals surface area (Å²) in [5.41, 5.74) is 5.59. The maximum absolute atomic E-state index is 12.6. The Balaban J connectivity index is 1.22. The fraction of sp³-hybridized carbons (Fsp3) is 0.523. The highest BCUT2D eigenvalue weighted by molar-refractivity contribution is 5.88. The van der Waals surface area contributed by atoms with Gasteiger partial charge in [0.25, 0.3) is 0 Å². The van der Waals surface area contributed by atoms with Crippen LogP contribution in [0.5, 0.6) is 0 Å². The summed E-state index contributed by atoms with van der Waals surface area (Å²) in [5, 5.41) is 10.3. The van der Waals surface area contributed by atoms with E-state index in [4.69, 9.17) is 23.7 Å². The first-order valence-electron chi connectivity index (χ1n) is 20.1. The zero-order valence-electron chi connectivity index (χ0n) is 34.0. The van der Waals surface area contributed by atoms with Crippen LogP contribution in [0.3, 0.4) is 0 Å². The first kappa shape index (κ1) is 42.4. The molecule has 6 rings (SSSR count). The molecule has 0 unspecified atom stereocenters. The number of benzene rings is 2. The summed E-state index contributed by atoms with van der Waals surface area (Å²) in [5.74, 6) is -2.62. The van der Waals surface area contributed by atoms with Gasteiger partial charge >= 0.3 is 30.0 Å². The molecule has 0 bridgehead atoms. The van der Waals surface area contributed by atoms with Crippen molar-refractivity contribution in [2.45, 2.75) is 104 Å². The number of aryl methyl sites for hydroxylation is 1. The van der Waals surface area contributed by atoms with Gasteiger partial charge in [-0.05, 0) is 85.7 Å². The fourth-order valence-electron chi connectivity index (χ4n) is 8.92. The number of ether oxygens (including phenoxy) is 5. The normalized spacial score (nSPS) is 23.5. The highest BCUT2D eigenvalue weighted by Gasteiger charge is 2.53. The van der Waals surface area contributed by atoms with Crippen molar-refractivity contribution in [1.82, 2.24) is 14.8 Å². The minimum absolute atomic E-state index is 0.222. The van der Waals surface area contributed by atoms with E-state index in [9.17, 15) is 29.1 Å². The standard InChI is InChI=1S/C44H55N3O11/c1-27-10-8-12-35-37(27)34(38(45-35)40-42(57-31(5)51)41(56-30(4)50)39(55-29(3)49)36(58-40)25-54-28(2)48)24-33-15-13-32(14-16-33)11-6-7-20-46-21-9-17-44(26-46)18-22-47(23-19-44)43(52)53/h6,8,10-16,36,39-42,45H,7,9,17-26H2,1-5H3,(H,52,53)/b11-6+/t36-,39-,40-,41-,42-/m1/s1. The molecule has 3 aliphatic heterocycles. The summed E-state index contributed by atoms with van der Waals surface area (Å²) in [4.78, 5) is 68.3. The molecule has 3 fully saturated rings. The van der Waals surface area contributed by atoms with E-state index in [1.807, 2.05) is 25.1 Å². The van der Waals surface area contributed by atoms with Gasteiger partial charge in [0, 0.05) is 64.8 Å². The molecule has 0 saturated carbocycles. The summed E-state index contributed by atoms with van der Waals surface area (Å²) < 4.78 is 29.1. The van der Waals surface area contributed by atoms with E-state index < -0.39 is 60.5 Å². The van der Waals surface area contributed by atoms with Gasteiger partial charge < -0.3 is 43.6 Å². The van der Waals surface area contributed by atoms with Gasteiger partial charge in [-0.1, -0.05) is 48.6 Å². The molecule has 4 heterocycles. The van der Waals surface area contributed by atoms with Crippen molar-refractivity contribution in [3.05, 3.63) is 76.5 Å². The highest BCUT2D eigenvalue weighted by Crippen LogP contribution is 2.42. The van der Waals surface area contributed by atoms with Crippen LogP contribution in [0.4, 0.5) is 4.79 Å². The Kier molecular flexibility index (Phi) is 13.6. The van der Waals surface area contributed by atoms with Crippen LogP contribution in [-0.4, -0.2) is 114 Å². The molecule has 3 aliphatic rings. The first-order chi connectivity index (χ1) is 27.7. The lowest BCUT2D eigenvalue weighted by Gasteiger charge is -2.47. The van der Waals surface area contributed by atoms with Gasteiger partial charge in [-0.25, -0.2) is 4.79 Å². The zero-order valence-corrected chi connectivity index (χ0v) is 34.0. The van der Waals surface area contributed by atoms with Crippen LogP contribution in [0.15, 0.2) is 48.5 Å². The Morgan fingerprint density at radius 1 is 0.862 bits per heavy atom. The maximum Gasteiger partial charge on any atom is 0.407 e. The summed E-state index contributed by atoms with van der Waals surface area (Å²) in [7, 11) is 0. The van der Waals surface area contributed by atoms with Gasteiger partial charge in [0.05, 0.1) is 5.69 Å². The lowest BCUT2D eigenvalue weighted by Crippen LogP contribution is -2.59. The van der Waals surface area contributed by atoms with E-state index in [-0.39, 0.29) is 12.0 Å². The largest absolute Gasteiger partial charge is 0.465 e. The van der Waals surface area contributed by atoms with Gasteiger partial charge in [0.2, 0.25) is 0 Å². The number of hydrogen-bond acceptors (Lipinski definition) is 11. The molecule has 5 atom stereocenters. The highest BCUT2D eigenvalue weighted by atomic mass is 16.7. The Hall–Kier alpha value is -5.21. The van der Waals surface area contributed by atoms with Crippen molar-refractivity contribution in [1.29, 1.82) is 0 Å². The molecule has 1 spiro atoms. The number of carbonyl (C=O) groups is 5. The monoisotopic (exact) mass is 801 g/mol. The number of likely N-dealkylation sites (tertiary alicyclic amines) is 2. The van der Waals surface area contributed by atoms with Gasteiger partial charge in [-0.2, -0.15) is 0 Å². The molecule has 58 heavy (non-hydrogen) atoms. The Morgan fingerprint density at radius 2 is 1.53 bits per heavy atom. The molecule has 1 aromatic heterocycles. The van der Waals surface area contributed by atoms with Crippen molar-refractivity contribution < 1.29 is 52.8 Å². The number of nitrogens with zero attached hydrogens (tertiary/aromatic N) is 2. The predicted octanol–water partition coefficient (Wildman–Crippen LogP) is 6.12. The molecule has 2 N–H and O–H groups in total. The van der Waals surface area contributed by atoms with E-state index in [0.717, 1.165) is 78.5 Å². The smallest absolute Gasteiger partial charge is 0.407 e. The molecule has 1 amide bonds. The van der Waals surface area contributed by atoms with E-state index in [0.29, 0.717) is 25.2 Å². The Bertz CT molecular complexity index is 2000. The number of aromatic nitrogens is 1. The first-order valence-corrected chi connectivity index (χ1v) is 20.1. The third-order valence-electron chi connectivity index (χ3n) is 11.6. The van der Waals surface area contributed by atoms with Crippen molar-refractivity contribution >= 4 is 46.9 Å². The number of aromatic amines is 1. The molecule has 3 aromatic rings. The quantitative estimate of drug-likeness (QED) is 0.159. The number of amides is 1. The van der Waals surface area contributed by atoms with E-state index >= 15 is 0 Å². The molecule has 14 nitrogen and oxygen atoms in total. The summed E-state index contributed by atoms with van der Waals surface area (Å²) in [6.07, 6.45) is 3.17. The summed E-state index contributed by atoms with van der Waals surface area (Å²) in [6, 6.07) is 14.2. The minimum atomic E-state index is -1.29. The average molecular weight is 802 g/mol. The van der Waals surface area contributed by atoms with Crippen molar-refractivity contribution in [3.63, 3.8) is 0 Å². The number of nitrogens with one attached hydrogen (secondary N) is 1. The molecular formula is C44H55N3O11. The van der Waals surface area contributed by atoms with Crippen molar-refractivity contribution in [3.8, 4) is 0 Å². The van der Waals surface area contributed by atoms with Crippen molar-refractivity contribution in [2.75, 3.05) is 39.3 Å². The predicted molar refractivity (Wildman–Crippen MR) is 214 cm³/mol. The molecule has 14 heteroatoms. The van der Waals surface area contributed by atoms with Crippen molar-refractivity contribution in [2.24, 2.45) is 5.41 Å². The topological polar surface area (TPSA) is 174 Å². The molecular weight excluding hydrogens is 746 g/mol. The molecule has 312 valence electrons. The number of piperidine rings is 2. The minimum Gasteiger partial charge on any atom is -0.465 e. The van der Waals surface area contributed by atoms with Crippen LogP contribution in [0.25, 0.3) is 17.0 Å². The number of esters is 4. The number of hydrogen-bond donors (Lipinski definition) is 2. The van der Waals surface area contributed by atoms with Crippen LogP contribution in [-0.2, 0) is 49.3 Å². The van der Waals surface area contributed by atoms with Gasteiger partial charge in [-0.3, -0.25) is 19.2 Å². The third kappa shape index (κ3) is 10.3. The summed E-state index contributed by atoms with van der Waals surface area (Å²) >= 11 is 0. The summed E-state index contributed by atoms with van der Waals surface area (Å²) in [6.45, 7) is 10.9. The van der Waals surface area contributed by atoms with Gasteiger partial charge in [-0.15, -0.1) is 0 Å². The average Bonchev–Trinajstić information content (AvgIpc) is 3.53. The number of fused-ring (bicyclic) bond motifs is 1. The number of rotatable bonds is 12. The second kappa shape index (κ2) is 18.6. The zero-order chi connectivity index (χ0) is 41.6. The third-order valence-corrected chi connectivity index (χ3v) is 11.6. The van der Waals surface area contributed by atoms with Crippen LogP contribution in [0.2, 0.25) is 0 Å². The lowest BCUT2D eigenvalue weighted by atomic mass is 9.72. The second-order valence-electron chi connectivity index (χ2n) is 15.9. The molecule has 3 saturated heterocycles. The number of carbonyl (C=O) groups excluding carboxylic acids is 4. The Morgan fingerprint density at radius 3 is 2.19 bits per heavy atom. The van der Waals surface area contributed by atoms with E-state index in [2.05, 4.69) is 46.3 Å².